The molecule has 29 heavy (non-hydrogen) atoms. The number of rotatable bonds is 4. The molecule has 0 bridgehead atoms. The van der Waals surface area contributed by atoms with Gasteiger partial charge in [0.1, 0.15) is 0 Å². The number of thioether (sulfide) groups is 1. The number of amidine groups is 1. The van der Waals surface area contributed by atoms with Gasteiger partial charge in [0.05, 0.1) is 17.0 Å². The van der Waals surface area contributed by atoms with Crippen molar-refractivity contribution in [2.75, 3.05) is 0 Å². The summed E-state index contributed by atoms with van der Waals surface area (Å²) in [6, 6.07) is 19.0. The molecule has 4 rings (SSSR count). The SMILES string of the molecule is O=C(O)Cc1ccc(N=C2NC(=O)C(=Cc3ccc4cc(Br)ccc4c3)S2)cc1. The first-order chi connectivity index (χ1) is 14.0. The van der Waals surface area contributed by atoms with Gasteiger partial charge in [0.15, 0.2) is 5.17 Å². The van der Waals surface area contributed by atoms with Crippen LogP contribution >= 0.6 is 27.7 Å². The summed E-state index contributed by atoms with van der Waals surface area (Å²) in [7, 11) is 0. The van der Waals surface area contributed by atoms with Crippen LogP contribution in [0.1, 0.15) is 11.1 Å². The van der Waals surface area contributed by atoms with Crippen molar-refractivity contribution < 1.29 is 14.7 Å². The van der Waals surface area contributed by atoms with Crippen molar-refractivity contribution in [3.8, 4) is 0 Å². The third kappa shape index (κ3) is 4.75. The highest BCUT2D eigenvalue weighted by molar-refractivity contribution is 9.10. The molecular weight excluding hydrogens is 452 g/mol. The van der Waals surface area contributed by atoms with Gasteiger partial charge in [-0.15, -0.1) is 0 Å². The highest BCUT2D eigenvalue weighted by Crippen LogP contribution is 2.29. The summed E-state index contributed by atoms with van der Waals surface area (Å²) >= 11 is 4.75. The minimum atomic E-state index is -0.876. The largest absolute Gasteiger partial charge is 0.481 e. The lowest BCUT2D eigenvalue weighted by atomic mass is 10.1. The molecule has 7 heteroatoms. The summed E-state index contributed by atoms with van der Waals surface area (Å²) in [5, 5.41) is 14.3. The Labute approximate surface area is 179 Å². The van der Waals surface area contributed by atoms with Crippen LogP contribution in [0.3, 0.4) is 0 Å². The van der Waals surface area contributed by atoms with E-state index in [4.69, 9.17) is 5.11 Å². The molecule has 0 atom stereocenters. The number of nitrogens with zero attached hydrogens (tertiary/aromatic N) is 1. The Morgan fingerprint density at radius 1 is 1.07 bits per heavy atom. The van der Waals surface area contributed by atoms with Gasteiger partial charge in [-0.05, 0) is 70.1 Å². The van der Waals surface area contributed by atoms with Gasteiger partial charge in [0.2, 0.25) is 0 Å². The fraction of sp³-hybridized carbons (Fsp3) is 0.0455. The minimum Gasteiger partial charge on any atom is -0.481 e. The number of carboxylic acid groups (broad SMARTS) is 1. The molecule has 1 aliphatic rings. The van der Waals surface area contributed by atoms with Crippen molar-refractivity contribution in [2.45, 2.75) is 6.42 Å². The molecule has 0 aliphatic carbocycles. The van der Waals surface area contributed by atoms with Crippen LogP contribution in [0.15, 0.2) is 75.0 Å². The molecule has 3 aromatic carbocycles. The molecule has 0 spiro atoms. The van der Waals surface area contributed by atoms with Gasteiger partial charge < -0.3 is 10.4 Å². The van der Waals surface area contributed by atoms with Crippen LogP contribution in [0.2, 0.25) is 0 Å². The molecule has 0 radical (unpaired) electrons. The van der Waals surface area contributed by atoms with Gasteiger partial charge in [-0.3, -0.25) is 9.59 Å². The van der Waals surface area contributed by atoms with Crippen molar-refractivity contribution in [3.05, 3.63) is 81.2 Å². The van der Waals surface area contributed by atoms with Crippen LogP contribution in [-0.2, 0) is 16.0 Å². The highest BCUT2D eigenvalue weighted by Gasteiger charge is 2.23. The Bertz CT molecular complexity index is 1190. The third-order valence-corrected chi connectivity index (χ3v) is 5.70. The van der Waals surface area contributed by atoms with E-state index in [1.807, 2.05) is 36.4 Å². The lowest BCUT2D eigenvalue weighted by Gasteiger charge is -2.01. The van der Waals surface area contributed by atoms with Gasteiger partial charge in [-0.2, -0.15) is 0 Å². The number of benzene rings is 3. The molecule has 1 amide bonds. The number of nitrogens with one attached hydrogen (secondary N) is 1. The molecule has 0 aromatic heterocycles. The van der Waals surface area contributed by atoms with Crippen LogP contribution in [0.5, 0.6) is 0 Å². The molecular formula is C22H15BrN2O3S. The van der Waals surface area contributed by atoms with E-state index >= 15 is 0 Å². The first-order valence-electron chi connectivity index (χ1n) is 8.76. The number of carbonyl (C=O) groups excluding carboxylic acids is 1. The molecule has 0 saturated carbocycles. The summed E-state index contributed by atoms with van der Waals surface area (Å²) in [6.45, 7) is 0. The molecule has 1 saturated heterocycles. The van der Waals surface area contributed by atoms with Crippen molar-refractivity contribution in [2.24, 2.45) is 4.99 Å². The average Bonchev–Trinajstić information content (AvgIpc) is 3.02. The average molecular weight is 467 g/mol. The summed E-state index contributed by atoms with van der Waals surface area (Å²) in [6.07, 6.45) is 1.82. The van der Waals surface area contributed by atoms with Gasteiger partial charge in [-0.1, -0.05) is 46.3 Å². The van der Waals surface area contributed by atoms with E-state index in [2.05, 4.69) is 32.3 Å². The summed E-state index contributed by atoms with van der Waals surface area (Å²) in [4.78, 5) is 28.1. The molecule has 144 valence electrons. The van der Waals surface area contributed by atoms with Crippen LogP contribution in [0.25, 0.3) is 16.8 Å². The Kier molecular flexibility index (Phi) is 5.51. The Hall–Kier alpha value is -2.90. The predicted molar refractivity (Wildman–Crippen MR) is 120 cm³/mol. The minimum absolute atomic E-state index is 0.0298. The second kappa shape index (κ2) is 8.23. The zero-order valence-electron chi connectivity index (χ0n) is 15.1. The van der Waals surface area contributed by atoms with Crippen molar-refractivity contribution in [1.82, 2.24) is 5.32 Å². The van der Waals surface area contributed by atoms with E-state index in [0.29, 0.717) is 21.3 Å². The van der Waals surface area contributed by atoms with Gasteiger partial charge in [-0.25, -0.2) is 4.99 Å². The topological polar surface area (TPSA) is 78.8 Å². The van der Waals surface area contributed by atoms with Gasteiger partial charge in [0, 0.05) is 4.47 Å². The summed E-state index contributed by atoms with van der Waals surface area (Å²) < 4.78 is 1.03. The molecule has 0 unspecified atom stereocenters. The van der Waals surface area contributed by atoms with Crippen molar-refractivity contribution in [3.63, 3.8) is 0 Å². The number of hydrogen-bond acceptors (Lipinski definition) is 4. The lowest BCUT2D eigenvalue weighted by molar-refractivity contribution is -0.136. The summed E-state index contributed by atoms with van der Waals surface area (Å²) in [5.41, 5.74) is 2.30. The third-order valence-electron chi connectivity index (χ3n) is 4.30. The number of aliphatic carboxylic acids is 1. The maximum atomic E-state index is 12.3. The quantitative estimate of drug-likeness (QED) is 0.522. The standard InChI is InChI=1S/C22H15BrN2O3S/c23-17-6-5-15-9-14(1-4-16(15)12-17)10-19-21(28)25-22(29-19)24-18-7-2-13(3-8-18)11-20(26)27/h1-10,12H,11H2,(H,26,27)(H,24,25,28). The monoisotopic (exact) mass is 466 g/mol. The van der Waals surface area contributed by atoms with E-state index in [0.717, 1.165) is 20.8 Å². The van der Waals surface area contributed by atoms with Crippen LogP contribution in [-0.4, -0.2) is 22.2 Å². The number of carbonyl (C=O) groups is 2. The lowest BCUT2D eigenvalue weighted by Crippen LogP contribution is -2.19. The first-order valence-corrected chi connectivity index (χ1v) is 10.4. The van der Waals surface area contributed by atoms with E-state index in [1.165, 1.54) is 11.8 Å². The molecule has 1 heterocycles. The van der Waals surface area contributed by atoms with E-state index in [-0.39, 0.29) is 12.3 Å². The van der Waals surface area contributed by atoms with Crippen LogP contribution < -0.4 is 5.32 Å². The van der Waals surface area contributed by atoms with Crippen LogP contribution in [0, 0.1) is 0 Å². The zero-order valence-corrected chi connectivity index (χ0v) is 17.5. The molecule has 2 N–H and O–H groups in total. The molecule has 5 nitrogen and oxygen atoms in total. The van der Waals surface area contributed by atoms with E-state index < -0.39 is 5.97 Å². The Morgan fingerprint density at radius 3 is 2.55 bits per heavy atom. The fourth-order valence-electron chi connectivity index (χ4n) is 2.94. The fourth-order valence-corrected chi connectivity index (χ4v) is 4.16. The zero-order chi connectivity index (χ0) is 20.4. The summed E-state index contributed by atoms with van der Waals surface area (Å²) in [5.74, 6) is -1.06. The number of hydrogen-bond donors (Lipinski definition) is 2. The molecule has 1 aliphatic heterocycles. The predicted octanol–water partition coefficient (Wildman–Crippen LogP) is 5.12. The number of aliphatic imine (C=N–C) groups is 1. The Balaban J connectivity index is 1.53. The molecule has 1 fully saturated rings. The van der Waals surface area contributed by atoms with Gasteiger partial charge in [0.25, 0.3) is 5.91 Å². The van der Waals surface area contributed by atoms with E-state index in [1.54, 1.807) is 24.3 Å². The number of halogens is 1. The first kappa shape index (κ1) is 19.4. The van der Waals surface area contributed by atoms with Crippen molar-refractivity contribution >= 4 is 67.3 Å². The number of amides is 1. The smallest absolute Gasteiger partial charge is 0.307 e. The van der Waals surface area contributed by atoms with Crippen LogP contribution in [0.4, 0.5) is 5.69 Å². The number of carboxylic acids is 1. The highest BCUT2D eigenvalue weighted by atomic mass is 79.9. The van der Waals surface area contributed by atoms with E-state index in [9.17, 15) is 9.59 Å². The normalized spacial score (nSPS) is 16.5. The van der Waals surface area contributed by atoms with Crippen molar-refractivity contribution in [1.29, 1.82) is 0 Å². The Morgan fingerprint density at radius 2 is 1.79 bits per heavy atom. The second-order valence-corrected chi connectivity index (χ2v) is 8.42. The van der Waals surface area contributed by atoms with Gasteiger partial charge >= 0.3 is 5.97 Å². The maximum absolute atomic E-state index is 12.3. The maximum Gasteiger partial charge on any atom is 0.307 e. The number of fused-ring (bicyclic) bond motifs is 1. The molecule has 3 aromatic rings. The second-order valence-electron chi connectivity index (χ2n) is 6.47.